The zero-order chi connectivity index (χ0) is 19.3. The van der Waals surface area contributed by atoms with Crippen LogP contribution in [0.3, 0.4) is 0 Å². The third kappa shape index (κ3) is 4.89. The number of hydrogen-bond acceptors (Lipinski definition) is 3. The van der Waals surface area contributed by atoms with Gasteiger partial charge in [0.05, 0.1) is 11.3 Å². The number of aryl methyl sites for hydroxylation is 1. The number of ether oxygens (including phenoxy) is 1. The lowest BCUT2D eigenvalue weighted by molar-refractivity contribution is -0.111. The van der Waals surface area contributed by atoms with Crippen LogP contribution in [0.5, 0.6) is 5.75 Å². The minimum Gasteiger partial charge on any atom is -0.435 e. The zero-order valence-corrected chi connectivity index (χ0v) is 14.3. The van der Waals surface area contributed by atoms with Crippen molar-refractivity contribution >= 4 is 23.6 Å². The predicted octanol–water partition coefficient (Wildman–Crippen LogP) is 3.66. The highest BCUT2D eigenvalue weighted by atomic mass is 19.3. The SMILES string of the molecule is Cc1cc(/C=C/C(=O)Nc2ccccc2C(N)=O)cc(OC(F)F)c1C. The molecule has 0 saturated carbocycles. The van der Waals surface area contributed by atoms with Crippen molar-refractivity contribution < 1.29 is 23.1 Å². The van der Waals surface area contributed by atoms with E-state index in [1.165, 1.54) is 24.3 Å². The highest BCUT2D eigenvalue weighted by Gasteiger charge is 2.11. The number of halogens is 2. The fraction of sp³-hybridized carbons (Fsp3) is 0.158. The van der Waals surface area contributed by atoms with Gasteiger partial charge in [-0.2, -0.15) is 8.78 Å². The van der Waals surface area contributed by atoms with E-state index in [-0.39, 0.29) is 17.0 Å². The normalized spacial score (nSPS) is 11.0. The number of nitrogens with two attached hydrogens (primary N) is 1. The molecule has 136 valence electrons. The molecule has 0 spiro atoms. The maximum absolute atomic E-state index is 12.5. The highest BCUT2D eigenvalue weighted by molar-refractivity contribution is 6.07. The quantitative estimate of drug-likeness (QED) is 0.772. The van der Waals surface area contributed by atoms with Crippen molar-refractivity contribution in [1.29, 1.82) is 0 Å². The Kier molecular flexibility index (Phi) is 6.06. The second kappa shape index (κ2) is 8.24. The number of benzene rings is 2. The molecular formula is C19H18F2N2O3. The summed E-state index contributed by atoms with van der Waals surface area (Å²) in [7, 11) is 0. The van der Waals surface area contributed by atoms with E-state index >= 15 is 0 Å². The molecule has 2 aromatic carbocycles. The van der Waals surface area contributed by atoms with Crippen LogP contribution < -0.4 is 15.8 Å². The first-order valence-corrected chi connectivity index (χ1v) is 7.72. The van der Waals surface area contributed by atoms with E-state index < -0.39 is 18.4 Å². The number of rotatable bonds is 6. The van der Waals surface area contributed by atoms with Gasteiger partial charge in [-0.05, 0) is 54.8 Å². The molecule has 0 aliphatic rings. The predicted molar refractivity (Wildman–Crippen MR) is 95.2 cm³/mol. The number of primary amides is 1. The largest absolute Gasteiger partial charge is 0.435 e. The summed E-state index contributed by atoms with van der Waals surface area (Å²) in [5, 5.41) is 2.56. The van der Waals surface area contributed by atoms with Crippen LogP contribution in [0.1, 0.15) is 27.0 Å². The van der Waals surface area contributed by atoms with E-state index in [1.54, 1.807) is 38.1 Å². The van der Waals surface area contributed by atoms with Crippen LogP contribution in [0.2, 0.25) is 0 Å². The van der Waals surface area contributed by atoms with Crippen LogP contribution >= 0.6 is 0 Å². The van der Waals surface area contributed by atoms with E-state index in [2.05, 4.69) is 10.1 Å². The molecule has 0 heterocycles. The van der Waals surface area contributed by atoms with E-state index in [9.17, 15) is 18.4 Å². The Morgan fingerprint density at radius 3 is 2.54 bits per heavy atom. The second-order valence-corrected chi connectivity index (χ2v) is 5.57. The van der Waals surface area contributed by atoms with Gasteiger partial charge in [0.2, 0.25) is 5.91 Å². The average Bonchev–Trinajstić information content (AvgIpc) is 2.57. The first-order chi connectivity index (χ1) is 12.3. The Bertz CT molecular complexity index is 864. The fourth-order valence-electron chi connectivity index (χ4n) is 2.32. The number of alkyl halides is 2. The Morgan fingerprint density at radius 2 is 1.88 bits per heavy atom. The molecule has 2 amide bonds. The molecule has 5 nitrogen and oxygen atoms in total. The van der Waals surface area contributed by atoms with Crippen LogP contribution in [0.4, 0.5) is 14.5 Å². The van der Waals surface area contributed by atoms with E-state index in [1.807, 2.05) is 0 Å². The average molecular weight is 360 g/mol. The highest BCUT2D eigenvalue weighted by Crippen LogP contribution is 2.26. The lowest BCUT2D eigenvalue weighted by Gasteiger charge is -2.11. The second-order valence-electron chi connectivity index (χ2n) is 5.57. The molecule has 0 atom stereocenters. The summed E-state index contributed by atoms with van der Waals surface area (Å²) < 4.78 is 29.5. The summed E-state index contributed by atoms with van der Waals surface area (Å²) in [6.07, 6.45) is 2.70. The number of carbonyl (C=O) groups is 2. The summed E-state index contributed by atoms with van der Waals surface area (Å²) in [6, 6.07) is 9.51. The topological polar surface area (TPSA) is 81.4 Å². The van der Waals surface area contributed by atoms with Gasteiger partial charge < -0.3 is 15.8 Å². The standard InChI is InChI=1S/C19H18F2N2O3/c1-11-9-13(10-16(12(11)2)26-19(20)21)7-8-17(24)23-15-6-4-3-5-14(15)18(22)25/h3-10,19H,1-2H3,(H2,22,25)(H,23,24)/b8-7+. The third-order valence-electron chi connectivity index (χ3n) is 3.74. The van der Waals surface area contributed by atoms with Crippen molar-refractivity contribution in [3.05, 3.63) is 64.7 Å². The minimum absolute atomic E-state index is 0.0548. The van der Waals surface area contributed by atoms with Gasteiger partial charge in [0.25, 0.3) is 5.91 Å². The van der Waals surface area contributed by atoms with Crippen molar-refractivity contribution in [3.8, 4) is 5.75 Å². The lowest BCUT2D eigenvalue weighted by Crippen LogP contribution is -2.16. The summed E-state index contributed by atoms with van der Waals surface area (Å²) >= 11 is 0. The molecule has 0 aliphatic carbocycles. The van der Waals surface area contributed by atoms with Crippen LogP contribution in [-0.4, -0.2) is 18.4 Å². The van der Waals surface area contributed by atoms with E-state index in [0.29, 0.717) is 11.1 Å². The molecule has 0 unspecified atom stereocenters. The summed E-state index contributed by atoms with van der Waals surface area (Å²) in [5.74, 6) is -1.10. The first-order valence-electron chi connectivity index (χ1n) is 7.72. The Labute approximate surface area is 149 Å². The van der Waals surface area contributed by atoms with Crippen molar-refractivity contribution in [3.63, 3.8) is 0 Å². The molecule has 2 rings (SSSR count). The number of amides is 2. The monoisotopic (exact) mass is 360 g/mol. The maximum atomic E-state index is 12.5. The van der Waals surface area contributed by atoms with Gasteiger partial charge in [0, 0.05) is 6.08 Å². The zero-order valence-electron chi connectivity index (χ0n) is 14.3. The van der Waals surface area contributed by atoms with Crippen molar-refractivity contribution in [1.82, 2.24) is 0 Å². The molecule has 0 fully saturated rings. The Hall–Kier alpha value is -3.22. The smallest absolute Gasteiger partial charge is 0.387 e. The molecule has 26 heavy (non-hydrogen) atoms. The van der Waals surface area contributed by atoms with Crippen LogP contribution in [-0.2, 0) is 4.79 Å². The van der Waals surface area contributed by atoms with E-state index in [4.69, 9.17) is 5.73 Å². The van der Waals surface area contributed by atoms with Crippen LogP contribution in [0.15, 0.2) is 42.5 Å². The summed E-state index contributed by atoms with van der Waals surface area (Å²) in [5.41, 5.74) is 7.62. The molecule has 0 aliphatic heterocycles. The van der Waals surface area contributed by atoms with Gasteiger partial charge >= 0.3 is 6.61 Å². The number of nitrogens with one attached hydrogen (secondary N) is 1. The molecule has 0 aromatic heterocycles. The van der Waals surface area contributed by atoms with Gasteiger partial charge in [-0.3, -0.25) is 9.59 Å². The number of para-hydroxylation sites is 1. The van der Waals surface area contributed by atoms with Gasteiger partial charge in [-0.15, -0.1) is 0 Å². The molecular weight excluding hydrogens is 342 g/mol. The molecule has 0 radical (unpaired) electrons. The van der Waals surface area contributed by atoms with Crippen molar-refractivity contribution in [2.75, 3.05) is 5.32 Å². The van der Waals surface area contributed by atoms with Crippen molar-refractivity contribution in [2.24, 2.45) is 5.73 Å². The molecule has 7 heteroatoms. The number of anilines is 1. The minimum atomic E-state index is -2.93. The van der Waals surface area contributed by atoms with E-state index in [0.717, 1.165) is 5.56 Å². The number of carbonyl (C=O) groups excluding carboxylic acids is 2. The third-order valence-corrected chi connectivity index (χ3v) is 3.74. The van der Waals surface area contributed by atoms with Crippen molar-refractivity contribution in [2.45, 2.75) is 20.5 Å². The van der Waals surface area contributed by atoms with Gasteiger partial charge in [-0.25, -0.2) is 0 Å². The fourth-order valence-corrected chi connectivity index (χ4v) is 2.32. The van der Waals surface area contributed by atoms with Gasteiger partial charge in [0.1, 0.15) is 5.75 Å². The first kappa shape index (κ1) is 19.1. The Balaban J connectivity index is 2.18. The van der Waals surface area contributed by atoms with Crippen LogP contribution in [0, 0.1) is 13.8 Å². The van der Waals surface area contributed by atoms with Crippen LogP contribution in [0.25, 0.3) is 6.08 Å². The lowest BCUT2D eigenvalue weighted by atomic mass is 10.0. The summed E-state index contributed by atoms with van der Waals surface area (Å²) in [4.78, 5) is 23.4. The molecule has 0 bridgehead atoms. The maximum Gasteiger partial charge on any atom is 0.387 e. The Morgan fingerprint density at radius 1 is 1.19 bits per heavy atom. The van der Waals surface area contributed by atoms with Gasteiger partial charge in [0.15, 0.2) is 0 Å². The number of hydrogen-bond donors (Lipinski definition) is 2. The van der Waals surface area contributed by atoms with Gasteiger partial charge in [-0.1, -0.05) is 18.2 Å². The molecule has 0 saturated heterocycles. The molecule has 2 aromatic rings. The summed E-state index contributed by atoms with van der Waals surface area (Å²) in [6.45, 7) is 0.503. The molecule has 3 N–H and O–H groups in total.